The average molecular weight is 279 g/mol. The molecule has 2 N–H and O–H groups in total. The Morgan fingerprint density at radius 2 is 1.78 bits per heavy atom. The summed E-state index contributed by atoms with van der Waals surface area (Å²) in [5, 5.41) is 5.98. The van der Waals surface area contributed by atoms with Gasteiger partial charge in [-0.25, -0.2) is 8.42 Å². The number of hydrogen-bond donors (Lipinski definition) is 2. The van der Waals surface area contributed by atoms with Gasteiger partial charge in [-0.05, 0) is 20.8 Å². The minimum Gasteiger partial charge on any atom is -0.383 e. The van der Waals surface area contributed by atoms with Crippen molar-refractivity contribution in [3.8, 4) is 0 Å². The molecular formula is C11H25N3O3S. The molecule has 0 saturated heterocycles. The molecule has 108 valence electrons. The lowest BCUT2D eigenvalue weighted by Crippen LogP contribution is -2.42. The second-order valence-electron chi connectivity index (χ2n) is 4.85. The molecule has 0 spiro atoms. The highest BCUT2D eigenvalue weighted by Crippen LogP contribution is 2.14. The third-order valence-electron chi connectivity index (χ3n) is 2.42. The fourth-order valence-corrected chi connectivity index (χ4v) is 2.09. The van der Waals surface area contributed by atoms with E-state index in [0.717, 1.165) is 0 Å². The molecule has 0 radical (unpaired) electrons. The molecule has 0 atom stereocenters. The lowest BCUT2D eigenvalue weighted by Gasteiger charge is -2.19. The summed E-state index contributed by atoms with van der Waals surface area (Å²) in [6, 6.07) is 0. The fourth-order valence-electron chi connectivity index (χ4n) is 1.10. The zero-order chi connectivity index (χ0) is 14.2. The van der Waals surface area contributed by atoms with E-state index in [4.69, 9.17) is 4.74 Å². The number of sulfone groups is 1. The first-order valence-corrected chi connectivity index (χ1v) is 7.55. The van der Waals surface area contributed by atoms with Crippen molar-refractivity contribution in [2.24, 2.45) is 4.99 Å². The van der Waals surface area contributed by atoms with Crippen molar-refractivity contribution in [3.05, 3.63) is 0 Å². The van der Waals surface area contributed by atoms with E-state index in [-0.39, 0.29) is 5.75 Å². The molecular weight excluding hydrogens is 254 g/mol. The van der Waals surface area contributed by atoms with Crippen molar-refractivity contribution >= 4 is 15.8 Å². The van der Waals surface area contributed by atoms with Crippen molar-refractivity contribution in [2.75, 3.05) is 39.6 Å². The van der Waals surface area contributed by atoms with Gasteiger partial charge in [0.05, 0.1) is 17.1 Å². The molecule has 0 aliphatic carbocycles. The van der Waals surface area contributed by atoms with Gasteiger partial charge in [0.2, 0.25) is 0 Å². The summed E-state index contributed by atoms with van der Waals surface area (Å²) in [6.07, 6.45) is 0. The summed E-state index contributed by atoms with van der Waals surface area (Å²) in [7, 11) is 0.161. The van der Waals surface area contributed by atoms with Gasteiger partial charge in [0.1, 0.15) is 0 Å². The van der Waals surface area contributed by atoms with Gasteiger partial charge < -0.3 is 15.4 Å². The van der Waals surface area contributed by atoms with Crippen molar-refractivity contribution in [1.82, 2.24) is 10.6 Å². The fraction of sp³-hybridized carbons (Fsp3) is 0.909. The van der Waals surface area contributed by atoms with E-state index >= 15 is 0 Å². The SMILES string of the molecule is CN=C(NCCOC)NCCS(=O)(=O)C(C)(C)C. The van der Waals surface area contributed by atoms with Crippen LogP contribution >= 0.6 is 0 Å². The van der Waals surface area contributed by atoms with Gasteiger partial charge in [0.15, 0.2) is 15.8 Å². The second kappa shape index (κ2) is 7.58. The number of hydrogen-bond acceptors (Lipinski definition) is 4. The van der Waals surface area contributed by atoms with E-state index in [2.05, 4.69) is 15.6 Å². The molecule has 7 heteroatoms. The Labute approximate surface area is 110 Å². The number of ether oxygens (including phenoxy) is 1. The van der Waals surface area contributed by atoms with E-state index in [1.54, 1.807) is 34.9 Å². The summed E-state index contributed by atoms with van der Waals surface area (Å²) in [5.74, 6) is 0.665. The van der Waals surface area contributed by atoms with Crippen LogP contribution in [0, 0.1) is 0 Å². The molecule has 0 aliphatic heterocycles. The van der Waals surface area contributed by atoms with Crippen LogP contribution in [0.5, 0.6) is 0 Å². The number of guanidine groups is 1. The Morgan fingerprint density at radius 1 is 1.22 bits per heavy atom. The molecule has 0 saturated carbocycles. The highest BCUT2D eigenvalue weighted by atomic mass is 32.2. The van der Waals surface area contributed by atoms with Crippen LogP contribution in [0.25, 0.3) is 0 Å². The van der Waals surface area contributed by atoms with E-state index in [9.17, 15) is 8.42 Å². The van der Waals surface area contributed by atoms with E-state index in [1.807, 2.05) is 0 Å². The summed E-state index contributed by atoms with van der Waals surface area (Å²) in [6.45, 7) is 6.64. The van der Waals surface area contributed by atoms with Gasteiger partial charge in [0.25, 0.3) is 0 Å². The van der Waals surface area contributed by atoms with Crippen LogP contribution in [0.2, 0.25) is 0 Å². The minimum atomic E-state index is -3.10. The number of nitrogens with zero attached hydrogens (tertiary/aromatic N) is 1. The summed E-state index contributed by atoms with van der Waals surface area (Å²) >= 11 is 0. The first-order chi connectivity index (χ1) is 8.24. The van der Waals surface area contributed by atoms with Crippen molar-refractivity contribution in [1.29, 1.82) is 0 Å². The predicted octanol–water partition coefficient (Wildman–Crippen LogP) is 0.0111. The van der Waals surface area contributed by atoms with Gasteiger partial charge in [-0.3, -0.25) is 4.99 Å². The first-order valence-electron chi connectivity index (χ1n) is 5.90. The smallest absolute Gasteiger partial charge is 0.191 e. The Morgan fingerprint density at radius 3 is 2.22 bits per heavy atom. The standard InChI is InChI=1S/C11H25N3O3S/c1-11(2,3)18(15,16)9-7-14-10(12-4)13-6-8-17-5/h6-9H2,1-5H3,(H2,12,13,14). The maximum absolute atomic E-state index is 11.9. The predicted molar refractivity (Wildman–Crippen MR) is 74.8 cm³/mol. The Kier molecular flexibility index (Phi) is 7.23. The van der Waals surface area contributed by atoms with Crippen LogP contribution in [0.1, 0.15) is 20.8 Å². The molecule has 0 rings (SSSR count). The zero-order valence-electron chi connectivity index (χ0n) is 11.9. The topological polar surface area (TPSA) is 79.8 Å². The maximum atomic E-state index is 11.9. The van der Waals surface area contributed by atoms with Crippen molar-refractivity contribution in [3.63, 3.8) is 0 Å². The highest BCUT2D eigenvalue weighted by Gasteiger charge is 2.28. The van der Waals surface area contributed by atoms with E-state index in [1.165, 1.54) is 0 Å². The molecule has 0 fully saturated rings. The number of methoxy groups -OCH3 is 1. The molecule has 0 aliphatic rings. The van der Waals surface area contributed by atoms with E-state index < -0.39 is 14.6 Å². The second-order valence-corrected chi connectivity index (χ2v) is 7.71. The van der Waals surface area contributed by atoms with Crippen LogP contribution in [0.15, 0.2) is 4.99 Å². The minimum absolute atomic E-state index is 0.0848. The van der Waals surface area contributed by atoms with Crippen LogP contribution in [0.4, 0.5) is 0 Å². The quantitative estimate of drug-likeness (QED) is 0.407. The summed E-state index contributed by atoms with van der Waals surface area (Å²) in [4.78, 5) is 3.99. The lowest BCUT2D eigenvalue weighted by molar-refractivity contribution is 0.203. The van der Waals surface area contributed by atoms with Gasteiger partial charge in [-0.2, -0.15) is 0 Å². The Balaban J connectivity index is 4.10. The van der Waals surface area contributed by atoms with Crippen LogP contribution in [0.3, 0.4) is 0 Å². The van der Waals surface area contributed by atoms with E-state index in [0.29, 0.717) is 25.7 Å². The monoisotopic (exact) mass is 279 g/mol. The van der Waals surface area contributed by atoms with Gasteiger partial charge in [-0.1, -0.05) is 0 Å². The van der Waals surface area contributed by atoms with Crippen molar-refractivity contribution < 1.29 is 13.2 Å². The normalized spacial score (nSPS) is 13.5. The number of nitrogens with one attached hydrogen (secondary N) is 2. The number of aliphatic imine (C=N–C) groups is 1. The first kappa shape index (κ1) is 17.2. The molecule has 0 unspecified atom stereocenters. The third-order valence-corrected chi connectivity index (χ3v) is 5.03. The highest BCUT2D eigenvalue weighted by molar-refractivity contribution is 7.92. The maximum Gasteiger partial charge on any atom is 0.191 e. The molecule has 0 aromatic carbocycles. The summed E-state index contributed by atoms with van der Waals surface area (Å²) < 4.78 is 27.9. The Bertz CT molecular complexity index is 358. The molecule has 18 heavy (non-hydrogen) atoms. The van der Waals surface area contributed by atoms with Gasteiger partial charge in [-0.15, -0.1) is 0 Å². The summed E-state index contributed by atoms with van der Waals surface area (Å²) in [5.41, 5.74) is 0. The van der Waals surface area contributed by atoms with Gasteiger partial charge in [0, 0.05) is 27.2 Å². The molecule has 0 heterocycles. The molecule has 0 aromatic rings. The van der Waals surface area contributed by atoms with Crippen LogP contribution in [-0.4, -0.2) is 58.7 Å². The van der Waals surface area contributed by atoms with Crippen molar-refractivity contribution in [2.45, 2.75) is 25.5 Å². The van der Waals surface area contributed by atoms with Crippen LogP contribution < -0.4 is 10.6 Å². The number of rotatable bonds is 6. The molecule has 0 aromatic heterocycles. The van der Waals surface area contributed by atoms with Crippen LogP contribution in [-0.2, 0) is 14.6 Å². The average Bonchev–Trinajstić information content (AvgIpc) is 2.25. The largest absolute Gasteiger partial charge is 0.383 e. The molecule has 0 bridgehead atoms. The Hall–Kier alpha value is -0.820. The molecule has 0 amide bonds. The third kappa shape index (κ3) is 6.20. The molecule has 6 nitrogen and oxygen atoms in total. The lowest BCUT2D eigenvalue weighted by atomic mass is 10.3. The zero-order valence-corrected chi connectivity index (χ0v) is 12.7. The van der Waals surface area contributed by atoms with Gasteiger partial charge >= 0.3 is 0 Å².